The molecule has 0 amide bonds. The lowest BCUT2D eigenvalue weighted by molar-refractivity contribution is 0.953. The van der Waals surface area contributed by atoms with Gasteiger partial charge in [-0.2, -0.15) is 0 Å². The molecule has 0 unspecified atom stereocenters. The maximum Gasteiger partial charge on any atom is 0.129 e. The predicted octanol–water partition coefficient (Wildman–Crippen LogP) is 3.77. The molecule has 0 bridgehead atoms. The lowest BCUT2D eigenvalue weighted by Gasteiger charge is -2.05. The van der Waals surface area contributed by atoms with Gasteiger partial charge in [0.05, 0.1) is 0 Å². The smallest absolute Gasteiger partial charge is 0.127 e. The Hall–Kier alpha value is -1.69. The fourth-order valence-corrected chi connectivity index (χ4v) is 1.84. The van der Waals surface area contributed by atoms with Gasteiger partial charge in [-0.05, 0) is 23.6 Å². The highest BCUT2D eigenvalue weighted by atomic mass is 28.3. The van der Waals surface area contributed by atoms with Crippen LogP contribution in [-0.2, 0) is 6.42 Å². The van der Waals surface area contributed by atoms with Crippen molar-refractivity contribution in [2.24, 2.45) is 5.11 Å². The van der Waals surface area contributed by atoms with Crippen molar-refractivity contribution in [3.05, 3.63) is 45.8 Å². The Kier molecular flexibility index (Phi) is 4.83. The van der Waals surface area contributed by atoms with Crippen LogP contribution in [0.1, 0.15) is 11.1 Å². The summed E-state index contributed by atoms with van der Waals surface area (Å²) < 4.78 is 0. The molecule has 3 nitrogen and oxygen atoms in total. The van der Waals surface area contributed by atoms with Crippen molar-refractivity contribution in [1.29, 1.82) is 0 Å². The molecule has 0 fully saturated rings. The monoisotopic (exact) mass is 243 g/mol. The summed E-state index contributed by atoms with van der Waals surface area (Å²) in [6.07, 6.45) is 0.751. The maximum absolute atomic E-state index is 8.26. The molecule has 17 heavy (non-hydrogen) atoms. The summed E-state index contributed by atoms with van der Waals surface area (Å²) in [6.45, 7) is 7.16. The first-order valence-electron chi connectivity index (χ1n) is 5.65. The van der Waals surface area contributed by atoms with Gasteiger partial charge < -0.3 is 0 Å². The van der Waals surface area contributed by atoms with E-state index in [0.29, 0.717) is 6.54 Å². The van der Waals surface area contributed by atoms with E-state index >= 15 is 0 Å². The zero-order valence-corrected chi connectivity index (χ0v) is 11.6. The van der Waals surface area contributed by atoms with Crippen LogP contribution in [0, 0.1) is 11.5 Å². The van der Waals surface area contributed by atoms with Crippen LogP contribution in [0.15, 0.2) is 29.4 Å². The second kappa shape index (κ2) is 6.14. The lowest BCUT2D eigenvalue weighted by atomic mass is 10.1. The summed E-state index contributed by atoms with van der Waals surface area (Å²) >= 11 is 0. The Morgan fingerprint density at radius 1 is 1.29 bits per heavy atom. The van der Waals surface area contributed by atoms with Gasteiger partial charge in [0.1, 0.15) is 8.07 Å². The first-order valence-corrected chi connectivity index (χ1v) is 9.15. The third-order valence-corrected chi connectivity index (χ3v) is 3.01. The number of rotatable bonds is 3. The highest BCUT2D eigenvalue weighted by molar-refractivity contribution is 6.83. The van der Waals surface area contributed by atoms with Gasteiger partial charge in [-0.3, -0.25) is 0 Å². The second-order valence-corrected chi connectivity index (χ2v) is 9.61. The molecule has 0 saturated heterocycles. The van der Waals surface area contributed by atoms with Crippen molar-refractivity contribution in [3.63, 3.8) is 0 Å². The van der Waals surface area contributed by atoms with Crippen LogP contribution in [0.25, 0.3) is 10.4 Å². The third kappa shape index (κ3) is 5.25. The fraction of sp³-hybridized carbons (Fsp3) is 0.385. The van der Waals surface area contributed by atoms with Crippen LogP contribution in [-0.4, -0.2) is 14.6 Å². The average Bonchev–Trinajstić information content (AvgIpc) is 2.27. The molecular weight excluding hydrogens is 226 g/mol. The summed E-state index contributed by atoms with van der Waals surface area (Å²) in [5.41, 5.74) is 13.8. The largest absolute Gasteiger partial charge is 0.129 e. The van der Waals surface area contributed by atoms with Crippen molar-refractivity contribution in [1.82, 2.24) is 0 Å². The number of azide groups is 1. The summed E-state index contributed by atoms with van der Waals surface area (Å²) in [5.74, 6) is 3.26. The van der Waals surface area contributed by atoms with Crippen LogP contribution in [0.5, 0.6) is 0 Å². The van der Waals surface area contributed by atoms with Gasteiger partial charge in [-0.15, -0.1) is 5.54 Å². The Bertz CT molecular complexity index is 485. The molecule has 0 radical (unpaired) electrons. The van der Waals surface area contributed by atoms with E-state index in [9.17, 15) is 0 Å². The molecule has 0 aromatic heterocycles. The molecule has 0 saturated carbocycles. The molecule has 1 aromatic rings. The van der Waals surface area contributed by atoms with Gasteiger partial charge in [0.25, 0.3) is 0 Å². The highest BCUT2D eigenvalue weighted by Crippen LogP contribution is 2.09. The van der Waals surface area contributed by atoms with Gasteiger partial charge in [0, 0.05) is 17.0 Å². The molecule has 0 aliphatic carbocycles. The van der Waals surface area contributed by atoms with Crippen molar-refractivity contribution in [2.75, 3.05) is 6.54 Å². The molecule has 4 heteroatoms. The van der Waals surface area contributed by atoms with Gasteiger partial charge in [-0.1, -0.05) is 48.9 Å². The first-order chi connectivity index (χ1) is 8.03. The number of benzene rings is 1. The van der Waals surface area contributed by atoms with E-state index in [1.54, 1.807) is 0 Å². The van der Waals surface area contributed by atoms with E-state index in [1.165, 1.54) is 0 Å². The molecular formula is C13H17N3Si. The van der Waals surface area contributed by atoms with Crippen LogP contribution in [0.4, 0.5) is 0 Å². The summed E-state index contributed by atoms with van der Waals surface area (Å²) in [6, 6.07) is 8.05. The minimum Gasteiger partial charge on any atom is -0.127 e. The highest BCUT2D eigenvalue weighted by Gasteiger charge is 2.08. The molecule has 0 aliphatic heterocycles. The quantitative estimate of drug-likeness (QED) is 0.255. The maximum atomic E-state index is 8.26. The van der Waals surface area contributed by atoms with Crippen LogP contribution < -0.4 is 0 Å². The molecule has 0 N–H and O–H groups in total. The molecule has 1 aromatic carbocycles. The minimum atomic E-state index is -1.34. The Morgan fingerprint density at radius 3 is 2.65 bits per heavy atom. The molecule has 0 aliphatic rings. The van der Waals surface area contributed by atoms with E-state index in [4.69, 9.17) is 5.53 Å². The zero-order chi connectivity index (χ0) is 12.7. The molecule has 0 spiro atoms. The summed E-state index contributed by atoms with van der Waals surface area (Å²) in [4.78, 5) is 2.76. The summed E-state index contributed by atoms with van der Waals surface area (Å²) in [7, 11) is -1.34. The normalized spacial score (nSPS) is 10.1. The van der Waals surface area contributed by atoms with Gasteiger partial charge in [-0.25, -0.2) is 0 Å². The summed E-state index contributed by atoms with van der Waals surface area (Å²) in [5, 5.41) is 3.56. The number of hydrogen-bond acceptors (Lipinski definition) is 1. The average molecular weight is 243 g/mol. The van der Waals surface area contributed by atoms with E-state index in [2.05, 4.69) is 41.1 Å². The molecule has 0 atom stereocenters. The van der Waals surface area contributed by atoms with Crippen molar-refractivity contribution in [2.45, 2.75) is 26.1 Å². The van der Waals surface area contributed by atoms with Gasteiger partial charge in [0.2, 0.25) is 0 Å². The Labute approximate surface area is 103 Å². The first kappa shape index (κ1) is 13.4. The van der Waals surface area contributed by atoms with E-state index in [1.807, 2.05) is 24.3 Å². The zero-order valence-electron chi connectivity index (χ0n) is 10.6. The lowest BCUT2D eigenvalue weighted by Crippen LogP contribution is -2.16. The second-order valence-electron chi connectivity index (χ2n) is 4.86. The van der Waals surface area contributed by atoms with E-state index in [-0.39, 0.29) is 0 Å². The van der Waals surface area contributed by atoms with Crippen LogP contribution in [0.3, 0.4) is 0 Å². The van der Waals surface area contributed by atoms with Crippen molar-refractivity contribution in [3.8, 4) is 11.5 Å². The van der Waals surface area contributed by atoms with Crippen molar-refractivity contribution >= 4 is 8.07 Å². The van der Waals surface area contributed by atoms with E-state index in [0.717, 1.165) is 17.5 Å². The molecule has 1 rings (SSSR count). The van der Waals surface area contributed by atoms with Gasteiger partial charge >= 0.3 is 0 Å². The van der Waals surface area contributed by atoms with Gasteiger partial charge in [0.15, 0.2) is 0 Å². The predicted molar refractivity (Wildman–Crippen MR) is 74.4 cm³/mol. The standard InChI is InChI=1S/C13H17N3Si/c1-17(2,3)11-9-13-7-5-4-6-12(13)8-10-15-16-14/h4-7H,8,10H2,1-3H3. The molecule has 0 heterocycles. The number of nitrogens with zero attached hydrogens (tertiary/aromatic N) is 3. The Balaban J connectivity index is 2.90. The fourth-order valence-electron chi connectivity index (χ4n) is 1.33. The Morgan fingerprint density at radius 2 is 2.00 bits per heavy atom. The topological polar surface area (TPSA) is 48.8 Å². The third-order valence-electron chi connectivity index (χ3n) is 2.13. The minimum absolute atomic E-state index is 0.488. The van der Waals surface area contributed by atoms with Crippen LogP contribution >= 0.6 is 0 Å². The molecule has 88 valence electrons. The van der Waals surface area contributed by atoms with E-state index < -0.39 is 8.07 Å². The number of hydrogen-bond donors (Lipinski definition) is 0. The van der Waals surface area contributed by atoms with Crippen molar-refractivity contribution < 1.29 is 0 Å². The van der Waals surface area contributed by atoms with Crippen LogP contribution in [0.2, 0.25) is 19.6 Å². The SMILES string of the molecule is C[Si](C)(C)C#Cc1ccccc1CCN=[N+]=[N-].